The number of nitrogens with one attached hydrogen (secondary N) is 1. The Morgan fingerprint density at radius 3 is 2.00 bits per heavy atom. The van der Waals surface area contributed by atoms with Gasteiger partial charge in [0.1, 0.15) is 5.52 Å². The van der Waals surface area contributed by atoms with Gasteiger partial charge in [0.15, 0.2) is 5.58 Å². The second-order valence-corrected chi connectivity index (χ2v) is 7.52. The Kier molecular flexibility index (Phi) is 4.00. The first-order chi connectivity index (χ1) is 12.5. The van der Waals surface area contributed by atoms with Crippen LogP contribution >= 0.6 is 0 Å². The van der Waals surface area contributed by atoms with Crippen LogP contribution in [0.15, 0.2) is 77.2 Å². The van der Waals surface area contributed by atoms with Crippen molar-refractivity contribution >= 4 is 22.5 Å². The van der Waals surface area contributed by atoms with Gasteiger partial charge in [-0.15, -0.1) is 0 Å². The quantitative estimate of drug-likeness (QED) is 0.459. The summed E-state index contributed by atoms with van der Waals surface area (Å²) in [6, 6.07) is 24.5. The monoisotopic (exact) mass is 342 g/mol. The Hall–Kier alpha value is -3.07. The summed E-state index contributed by atoms with van der Waals surface area (Å²) in [6.07, 6.45) is 0. The summed E-state index contributed by atoms with van der Waals surface area (Å²) < 4.78 is 5.83. The van der Waals surface area contributed by atoms with Crippen LogP contribution in [0.25, 0.3) is 22.6 Å². The number of aromatic nitrogens is 1. The maximum Gasteiger partial charge on any atom is 0.227 e. The summed E-state index contributed by atoms with van der Waals surface area (Å²) >= 11 is 0. The standard InChI is InChI=1S/C23H22N2O/c1-23(2,3)17-10-14-19(15-11-17)24-18-12-8-16(9-13-18)22-25-20-6-4-5-7-21(20)26-22/h4-15,24H,1-3H3. The molecule has 3 heteroatoms. The van der Waals surface area contributed by atoms with Crippen LogP contribution in [0.2, 0.25) is 0 Å². The fourth-order valence-electron chi connectivity index (χ4n) is 2.91. The van der Waals surface area contributed by atoms with E-state index in [1.165, 1.54) is 5.56 Å². The van der Waals surface area contributed by atoms with Crippen LogP contribution in [0.5, 0.6) is 0 Å². The summed E-state index contributed by atoms with van der Waals surface area (Å²) in [5, 5.41) is 3.44. The third-order valence-corrected chi connectivity index (χ3v) is 4.47. The number of oxazole rings is 1. The van der Waals surface area contributed by atoms with E-state index in [0.717, 1.165) is 28.0 Å². The summed E-state index contributed by atoms with van der Waals surface area (Å²) in [5.41, 5.74) is 6.26. The maximum absolute atomic E-state index is 5.83. The number of hydrogen-bond donors (Lipinski definition) is 1. The summed E-state index contributed by atoms with van der Waals surface area (Å²) in [4.78, 5) is 4.54. The highest BCUT2D eigenvalue weighted by Crippen LogP contribution is 2.27. The molecule has 1 N–H and O–H groups in total. The molecule has 130 valence electrons. The van der Waals surface area contributed by atoms with Gasteiger partial charge < -0.3 is 9.73 Å². The minimum Gasteiger partial charge on any atom is -0.436 e. The number of anilines is 2. The van der Waals surface area contributed by atoms with Crippen LogP contribution in [-0.4, -0.2) is 4.98 Å². The fraction of sp³-hybridized carbons (Fsp3) is 0.174. The molecular formula is C23H22N2O. The van der Waals surface area contributed by atoms with E-state index >= 15 is 0 Å². The Bertz CT molecular complexity index is 989. The van der Waals surface area contributed by atoms with Gasteiger partial charge in [-0.1, -0.05) is 45.0 Å². The number of hydrogen-bond acceptors (Lipinski definition) is 3. The van der Waals surface area contributed by atoms with E-state index < -0.39 is 0 Å². The molecule has 0 amide bonds. The smallest absolute Gasteiger partial charge is 0.227 e. The molecule has 0 spiro atoms. The molecule has 3 aromatic carbocycles. The van der Waals surface area contributed by atoms with Crippen molar-refractivity contribution in [1.29, 1.82) is 0 Å². The first kappa shape index (κ1) is 16.4. The molecule has 1 aromatic heterocycles. The molecule has 4 rings (SSSR count). The van der Waals surface area contributed by atoms with Crippen molar-refractivity contribution in [3.63, 3.8) is 0 Å². The Morgan fingerprint density at radius 1 is 0.769 bits per heavy atom. The molecule has 0 unspecified atom stereocenters. The van der Waals surface area contributed by atoms with Gasteiger partial charge in [-0.05, 0) is 59.5 Å². The van der Waals surface area contributed by atoms with E-state index in [1.807, 2.05) is 48.5 Å². The number of fused-ring (bicyclic) bond motifs is 1. The van der Waals surface area contributed by atoms with Crippen LogP contribution in [0, 0.1) is 0 Å². The van der Waals surface area contributed by atoms with Crippen molar-refractivity contribution in [3.8, 4) is 11.5 Å². The Balaban J connectivity index is 1.52. The Labute approximate surface area is 153 Å². The van der Waals surface area contributed by atoms with Crippen LogP contribution < -0.4 is 5.32 Å². The highest BCUT2D eigenvalue weighted by Gasteiger charge is 2.13. The molecule has 0 bridgehead atoms. The number of benzene rings is 3. The molecule has 0 radical (unpaired) electrons. The predicted molar refractivity (Wildman–Crippen MR) is 108 cm³/mol. The largest absolute Gasteiger partial charge is 0.436 e. The zero-order valence-corrected chi connectivity index (χ0v) is 15.3. The summed E-state index contributed by atoms with van der Waals surface area (Å²) in [7, 11) is 0. The van der Waals surface area contributed by atoms with Crippen LogP contribution in [0.3, 0.4) is 0 Å². The van der Waals surface area contributed by atoms with Crippen molar-refractivity contribution < 1.29 is 4.42 Å². The normalized spacial score (nSPS) is 11.7. The first-order valence-electron chi connectivity index (χ1n) is 8.83. The van der Waals surface area contributed by atoms with Crippen molar-refractivity contribution in [3.05, 3.63) is 78.4 Å². The van der Waals surface area contributed by atoms with Crippen molar-refractivity contribution in [2.45, 2.75) is 26.2 Å². The predicted octanol–water partition coefficient (Wildman–Crippen LogP) is 6.54. The molecule has 1 heterocycles. The average molecular weight is 342 g/mol. The molecule has 0 saturated carbocycles. The van der Waals surface area contributed by atoms with Crippen LogP contribution in [-0.2, 0) is 5.41 Å². The van der Waals surface area contributed by atoms with Gasteiger partial charge in [0.05, 0.1) is 0 Å². The lowest BCUT2D eigenvalue weighted by Crippen LogP contribution is -2.10. The van der Waals surface area contributed by atoms with Gasteiger partial charge in [0, 0.05) is 16.9 Å². The SMILES string of the molecule is CC(C)(C)c1ccc(Nc2ccc(-c3nc4ccccc4o3)cc2)cc1. The van der Waals surface area contributed by atoms with Gasteiger partial charge in [0.25, 0.3) is 0 Å². The fourth-order valence-corrected chi connectivity index (χ4v) is 2.91. The third-order valence-electron chi connectivity index (χ3n) is 4.47. The van der Waals surface area contributed by atoms with E-state index in [2.05, 4.69) is 55.3 Å². The van der Waals surface area contributed by atoms with Gasteiger partial charge in [-0.25, -0.2) is 4.98 Å². The van der Waals surface area contributed by atoms with Crippen molar-refractivity contribution in [2.24, 2.45) is 0 Å². The number of para-hydroxylation sites is 2. The van der Waals surface area contributed by atoms with Gasteiger partial charge in [0.2, 0.25) is 5.89 Å². The highest BCUT2D eigenvalue weighted by atomic mass is 16.3. The maximum atomic E-state index is 5.83. The second kappa shape index (κ2) is 6.34. The molecule has 4 aromatic rings. The molecule has 0 fully saturated rings. The summed E-state index contributed by atoms with van der Waals surface area (Å²) in [5.74, 6) is 0.646. The van der Waals surface area contributed by atoms with Crippen LogP contribution in [0.1, 0.15) is 26.3 Å². The van der Waals surface area contributed by atoms with E-state index in [4.69, 9.17) is 4.42 Å². The molecule has 0 aliphatic rings. The molecule has 0 aliphatic carbocycles. The van der Waals surface area contributed by atoms with E-state index in [-0.39, 0.29) is 5.41 Å². The van der Waals surface area contributed by atoms with Crippen molar-refractivity contribution in [1.82, 2.24) is 4.98 Å². The number of nitrogens with zero attached hydrogens (tertiary/aromatic N) is 1. The lowest BCUT2D eigenvalue weighted by Gasteiger charge is -2.19. The minimum atomic E-state index is 0.166. The van der Waals surface area contributed by atoms with Gasteiger partial charge in [-0.3, -0.25) is 0 Å². The van der Waals surface area contributed by atoms with E-state index in [9.17, 15) is 0 Å². The molecule has 3 nitrogen and oxygen atoms in total. The first-order valence-corrected chi connectivity index (χ1v) is 8.83. The molecule has 0 saturated heterocycles. The number of rotatable bonds is 3. The molecular weight excluding hydrogens is 320 g/mol. The zero-order chi connectivity index (χ0) is 18.1. The second-order valence-electron chi connectivity index (χ2n) is 7.52. The molecule has 0 atom stereocenters. The molecule has 0 aliphatic heterocycles. The van der Waals surface area contributed by atoms with Crippen molar-refractivity contribution in [2.75, 3.05) is 5.32 Å². The van der Waals surface area contributed by atoms with Crippen LogP contribution in [0.4, 0.5) is 11.4 Å². The van der Waals surface area contributed by atoms with E-state index in [0.29, 0.717) is 5.89 Å². The average Bonchev–Trinajstić information content (AvgIpc) is 3.06. The topological polar surface area (TPSA) is 38.1 Å². The van der Waals surface area contributed by atoms with Gasteiger partial charge >= 0.3 is 0 Å². The third kappa shape index (κ3) is 3.33. The highest BCUT2D eigenvalue weighted by molar-refractivity contribution is 5.76. The molecule has 26 heavy (non-hydrogen) atoms. The van der Waals surface area contributed by atoms with E-state index in [1.54, 1.807) is 0 Å². The summed E-state index contributed by atoms with van der Waals surface area (Å²) in [6.45, 7) is 6.67. The minimum absolute atomic E-state index is 0.166. The lowest BCUT2D eigenvalue weighted by molar-refractivity contribution is 0.590. The van der Waals surface area contributed by atoms with Gasteiger partial charge in [-0.2, -0.15) is 0 Å². The zero-order valence-electron chi connectivity index (χ0n) is 15.3. The Morgan fingerprint density at radius 2 is 1.38 bits per heavy atom. The lowest BCUT2D eigenvalue weighted by atomic mass is 9.87.